The molecule has 1 unspecified atom stereocenters. The molecule has 0 spiro atoms. The summed E-state index contributed by atoms with van der Waals surface area (Å²) in [5.41, 5.74) is 2.96. The van der Waals surface area contributed by atoms with Crippen molar-refractivity contribution < 1.29 is 23.7 Å². The molecule has 8 heteroatoms. The van der Waals surface area contributed by atoms with E-state index in [1.807, 2.05) is 22.9 Å². The summed E-state index contributed by atoms with van der Waals surface area (Å²) in [4.78, 5) is 16.3. The maximum absolute atomic E-state index is 11.8. The summed E-state index contributed by atoms with van der Waals surface area (Å²) in [5.74, 6) is 0.640. The molecule has 3 heterocycles. The number of rotatable bonds is 7. The molecule has 1 aliphatic rings. The molecule has 31 heavy (non-hydrogen) atoms. The second-order valence-electron chi connectivity index (χ2n) is 7.18. The van der Waals surface area contributed by atoms with E-state index in [9.17, 15) is 4.79 Å². The third kappa shape index (κ3) is 4.69. The van der Waals surface area contributed by atoms with Gasteiger partial charge in [-0.1, -0.05) is 6.07 Å². The Hall–Kier alpha value is -3.39. The van der Waals surface area contributed by atoms with Crippen molar-refractivity contribution in [3.05, 3.63) is 59.9 Å². The molecule has 1 atom stereocenters. The Morgan fingerprint density at radius 1 is 1.19 bits per heavy atom. The van der Waals surface area contributed by atoms with Gasteiger partial charge in [0.15, 0.2) is 6.23 Å². The molecule has 2 aromatic heterocycles. The predicted molar refractivity (Wildman–Crippen MR) is 113 cm³/mol. The van der Waals surface area contributed by atoms with Crippen molar-refractivity contribution in [2.45, 2.75) is 32.1 Å². The summed E-state index contributed by atoms with van der Waals surface area (Å²) in [6.07, 6.45) is 6.59. The lowest BCUT2D eigenvalue weighted by atomic mass is 10.1. The topological polar surface area (TPSA) is 84.7 Å². The quantitative estimate of drug-likeness (QED) is 0.531. The van der Waals surface area contributed by atoms with Crippen molar-refractivity contribution in [1.29, 1.82) is 0 Å². The highest BCUT2D eigenvalue weighted by atomic mass is 16.5. The maximum atomic E-state index is 11.8. The first-order valence-electron chi connectivity index (χ1n) is 10.2. The molecular weight excluding hydrogens is 398 g/mol. The summed E-state index contributed by atoms with van der Waals surface area (Å²) in [6.45, 7) is 1.07. The lowest BCUT2D eigenvalue weighted by Gasteiger charge is -2.24. The maximum Gasteiger partial charge on any atom is 0.341 e. The molecule has 1 aliphatic heterocycles. The van der Waals surface area contributed by atoms with Crippen LogP contribution in [0, 0.1) is 0 Å². The second-order valence-corrected chi connectivity index (χ2v) is 7.18. The minimum atomic E-state index is -0.443. The Morgan fingerprint density at radius 2 is 2.10 bits per heavy atom. The van der Waals surface area contributed by atoms with Crippen molar-refractivity contribution in [3.63, 3.8) is 0 Å². The van der Waals surface area contributed by atoms with Crippen LogP contribution in [-0.2, 0) is 16.1 Å². The van der Waals surface area contributed by atoms with Gasteiger partial charge in [-0.05, 0) is 55.2 Å². The zero-order valence-corrected chi connectivity index (χ0v) is 17.6. The number of hydrogen-bond acceptors (Lipinski definition) is 7. The van der Waals surface area contributed by atoms with Crippen molar-refractivity contribution in [2.75, 3.05) is 20.8 Å². The largest absolute Gasteiger partial charge is 0.496 e. The van der Waals surface area contributed by atoms with Gasteiger partial charge < -0.3 is 18.9 Å². The highest BCUT2D eigenvalue weighted by Gasteiger charge is 2.20. The minimum absolute atomic E-state index is 0.0422. The molecule has 0 aliphatic carbocycles. The number of benzene rings is 1. The average molecular weight is 423 g/mol. The number of carbonyl (C=O) groups excluding carboxylic acids is 1. The standard InChI is InChI=1S/C23H25N3O5/c1-28-21-13-16(6-8-18(21)23(27)29-2)15-31-17-7-9-19(24-14-17)20-10-11-25-26(20)22-5-3-4-12-30-22/h6-11,13-14,22H,3-5,12,15H2,1-2H3. The Bertz CT molecular complexity index is 1030. The average Bonchev–Trinajstić information content (AvgIpc) is 3.33. The molecule has 1 fully saturated rings. The van der Waals surface area contributed by atoms with Gasteiger partial charge in [0.1, 0.15) is 23.7 Å². The van der Waals surface area contributed by atoms with Crippen LogP contribution in [-0.4, -0.2) is 41.6 Å². The highest BCUT2D eigenvalue weighted by Crippen LogP contribution is 2.28. The fourth-order valence-electron chi connectivity index (χ4n) is 3.55. The number of esters is 1. The number of aromatic nitrogens is 3. The summed E-state index contributed by atoms with van der Waals surface area (Å²) < 4.78 is 23.7. The molecule has 162 valence electrons. The van der Waals surface area contributed by atoms with Crippen LogP contribution in [0.1, 0.15) is 41.4 Å². The van der Waals surface area contributed by atoms with Crippen molar-refractivity contribution in [2.24, 2.45) is 0 Å². The normalized spacial score (nSPS) is 16.0. The van der Waals surface area contributed by atoms with Gasteiger partial charge in [-0.3, -0.25) is 4.98 Å². The summed E-state index contributed by atoms with van der Waals surface area (Å²) >= 11 is 0. The molecule has 3 aromatic rings. The molecule has 0 saturated carbocycles. The molecular formula is C23H25N3O5. The first kappa shape index (κ1) is 20.9. The van der Waals surface area contributed by atoms with E-state index in [4.69, 9.17) is 18.9 Å². The van der Waals surface area contributed by atoms with Gasteiger partial charge in [-0.25, -0.2) is 9.48 Å². The van der Waals surface area contributed by atoms with E-state index in [1.165, 1.54) is 14.2 Å². The van der Waals surface area contributed by atoms with Crippen molar-refractivity contribution in [3.8, 4) is 22.9 Å². The Balaban J connectivity index is 1.43. The van der Waals surface area contributed by atoms with Gasteiger partial charge in [-0.2, -0.15) is 5.10 Å². The lowest BCUT2D eigenvalue weighted by Crippen LogP contribution is -2.20. The highest BCUT2D eigenvalue weighted by molar-refractivity contribution is 5.92. The second kappa shape index (κ2) is 9.61. The number of pyridine rings is 1. The van der Waals surface area contributed by atoms with Crippen LogP contribution in [0.4, 0.5) is 0 Å². The fourth-order valence-corrected chi connectivity index (χ4v) is 3.55. The van der Waals surface area contributed by atoms with Crippen LogP contribution in [0.15, 0.2) is 48.8 Å². The van der Waals surface area contributed by atoms with E-state index < -0.39 is 5.97 Å². The molecule has 1 aromatic carbocycles. The smallest absolute Gasteiger partial charge is 0.341 e. The van der Waals surface area contributed by atoms with Crippen LogP contribution in [0.2, 0.25) is 0 Å². The SMILES string of the molecule is COC(=O)c1ccc(COc2ccc(-c3ccnn3C3CCCCO3)nc2)cc1OC. The first-order chi connectivity index (χ1) is 15.2. The van der Waals surface area contributed by atoms with Gasteiger partial charge in [0, 0.05) is 12.8 Å². The third-order valence-electron chi connectivity index (χ3n) is 5.17. The Labute approximate surface area is 180 Å². The number of ether oxygens (including phenoxy) is 4. The van der Waals surface area contributed by atoms with Crippen LogP contribution in [0.25, 0.3) is 11.4 Å². The first-order valence-corrected chi connectivity index (χ1v) is 10.2. The molecule has 0 radical (unpaired) electrons. The van der Waals surface area contributed by atoms with Gasteiger partial charge in [0.05, 0.1) is 31.8 Å². The fraction of sp³-hybridized carbons (Fsp3) is 0.348. The van der Waals surface area contributed by atoms with Crippen LogP contribution >= 0.6 is 0 Å². The van der Waals surface area contributed by atoms with E-state index in [-0.39, 0.29) is 6.23 Å². The van der Waals surface area contributed by atoms with E-state index in [1.54, 1.807) is 30.6 Å². The number of nitrogens with zero attached hydrogens (tertiary/aromatic N) is 3. The van der Waals surface area contributed by atoms with Gasteiger partial charge in [-0.15, -0.1) is 0 Å². The molecule has 4 rings (SSSR count). The summed E-state index contributed by atoms with van der Waals surface area (Å²) in [7, 11) is 2.85. The monoisotopic (exact) mass is 423 g/mol. The van der Waals surface area contributed by atoms with Crippen LogP contribution in [0.5, 0.6) is 11.5 Å². The van der Waals surface area contributed by atoms with Gasteiger partial charge in [0.25, 0.3) is 0 Å². The third-order valence-corrected chi connectivity index (χ3v) is 5.17. The molecule has 8 nitrogen and oxygen atoms in total. The van der Waals surface area contributed by atoms with E-state index in [2.05, 4.69) is 10.1 Å². The summed E-state index contributed by atoms with van der Waals surface area (Å²) in [5, 5.41) is 4.43. The van der Waals surface area contributed by atoms with Gasteiger partial charge in [0.2, 0.25) is 0 Å². The van der Waals surface area contributed by atoms with E-state index in [0.29, 0.717) is 23.7 Å². The Morgan fingerprint density at radius 3 is 2.81 bits per heavy atom. The van der Waals surface area contributed by atoms with E-state index >= 15 is 0 Å². The van der Waals surface area contributed by atoms with E-state index in [0.717, 1.165) is 42.8 Å². The number of carbonyl (C=O) groups is 1. The van der Waals surface area contributed by atoms with Crippen molar-refractivity contribution >= 4 is 5.97 Å². The summed E-state index contributed by atoms with van der Waals surface area (Å²) in [6, 6.07) is 11.0. The van der Waals surface area contributed by atoms with Crippen molar-refractivity contribution in [1.82, 2.24) is 14.8 Å². The molecule has 1 saturated heterocycles. The predicted octanol–water partition coefficient (Wildman–Crippen LogP) is 4.02. The molecule has 0 amide bonds. The minimum Gasteiger partial charge on any atom is -0.496 e. The number of hydrogen-bond donors (Lipinski definition) is 0. The lowest BCUT2D eigenvalue weighted by molar-refractivity contribution is -0.0384. The zero-order valence-electron chi connectivity index (χ0n) is 17.6. The zero-order chi connectivity index (χ0) is 21.6. The Kier molecular flexibility index (Phi) is 6.47. The molecule has 0 N–H and O–H groups in total. The van der Waals surface area contributed by atoms with Crippen LogP contribution in [0.3, 0.4) is 0 Å². The van der Waals surface area contributed by atoms with Crippen LogP contribution < -0.4 is 9.47 Å². The number of methoxy groups -OCH3 is 2. The molecule has 0 bridgehead atoms. The van der Waals surface area contributed by atoms with Gasteiger partial charge >= 0.3 is 5.97 Å².